The summed E-state index contributed by atoms with van der Waals surface area (Å²) < 4.78 is 116. The van der Waals surface area contributed by atoms with Crippen molar-refractivity contribution < 1.29 is 63.1 Å². The summed E-state index contributed by atoms with van der Waals surface area (Å²) in [5.41, 5.74) is -10.1. The number of halogens is 5. The number of carbonyl (C=O) groups excluding carboxylic acids is 3. The molecular weight excluding hydrogens is 725 g/mol. The molecule has 1 fully saturated rings. The van der Waals surface area contributed by atoms with Crippen LogP contribution >= 0.6 is 0 Å². The van der Waals surface area contributed by atoms with Crippen molar-refractivity contribution in [2.75, 3.05) is 34.5 Å². The van der Waals surface area contributed by atoms with E-state index in [0.29, 0.717) is 12.1 Å². The van der Waals surface area contributed by atoms with Gasteiger partial charge in [0, 0.05) is 14.1 Å². The molecule has 1 saturated heterocycles. The van der Waals surface area contributed by atoms with Gasteiger partial charge in [0.05, 0.1) is 32.6 Å². The Kier molecular flexibility index (Phi) is 12.4. The number of hydrogen-bond acceptors (Lipinski definition) is 9. The number of nitrogens with zero attached hydrogens (tertiary/aromatic N) is 5. The van der Waals surface area contributed by atoms with Crippen LogP contribution in [0.15, 0.2) is 41.4 Å². The van der Waals surface area contributed by atoms with E-state index in [1.807, 2.05) is 0 Å². The van der Waals surface area contributed by atoms with E-state index in [2.05, 4.69) is 9.18 Å². The summed E-state index contributed by atoms with van der Waals surface area (Å²) in [4.78, 5) is 47.8. The zero-order valence-electron chi connectivity index (χ0n) is 29.9. The molecule has 2 aromatic carbocycles. The highest BCUT2D eigenvalue weighted by Gasteiger charge is 2.49. The van der Waals surface area contributed by atoms with E-state index in [-0.39, 0.29) is 30.2 Å². The van der Waals surface area contributed by atoms with E-state index < -0.39 is 80.9 Å². The van der Waals surface area contributed by atoms with Crippen LogP contribution in [0.4, 0.5) is 36.3 Å². The maximum Gasteiger partial charge on any atom is 0.523 e. The highest BCUT2D eigenvalue weighted by atomic mass is 32.2. The SMILES string of the molecule is COc1ccc([C@@H](OS(=O)(=O)C(F)(F)F)c2c(F)cc(CN(C(=O)OC(C)(C)C)C(=NC(=O)OC(C)(C)C)N3CN(C)C(=O)N(C)C3)cc2F)cc1. The predicted octanol–water partition coefficient (Wildman–Crippen LogP) is 6.17. The van der Waals surface area contributed by atoms with Gasteiger partial charge in [0.2, 0.25) is 5.96 Å². The minimum atomic E-state index is -6.39. The zero-order valence-corrected chi connectivity index (χ0v) is 30.7. The molecule has 2 aromatic rings. The number of urea groups is 1. The summed E-state index contributed by atoms with van der Waals surface area (Å²) in [6.45, 7) is 8.04. The second-order valence-electron chi connectivity index (χ2n) is 13.6. The van der Waals surface area contributed by atoms with Crippen molar-refractivity contribution >= 4 is 34.3 Å². The van der Waals surface area contributed by atoms with Crippen molar-refractivity contribution in [3.63, 3.8) is 0 Å². The quantitative estimate of drug-likeness (QED) is 0.105. The molecule has 0 unspecified atom stereocenters. The number of aliphatic imine (C=N–C) groups is 1. The number of alkyl halides is 3. The van der Waals surface area contributed by atoms with Crippen LogP contribution in [0.2, 0.25) is 0 Å². The minimum Gasteiger partial charge on any atom is -0.497 e. The average Bonchev–Trinajstić information content (AvgIpc) is 2.98. The topological polar surface area (TPSA) is 148 Å². The molecule has 1 aliphatic heterocycles. The minimum absolute atomic E-state index is 0.194. The van der Waals surface area contributed by atoms with Crippen LogP contribution in [0.5, 0.6) is 5.75 Å². The highest BCUT2D eigenvalue weighted by molar-refractivity contribution is 7.87. The first kappa shape index (κ1) is 41.7. The molecule has 288 valence electrons. The molecule has 0 spiro atoms. The fourth-order valence-corrected chi connectivity index (χ4v) is 5.26. The van der Waals surface area contributed by atoms with Crippen LogP contribution in [0.3, 0.4) is 0 Å². The van der Waals surface area contributed by atoms with Gasteiger partial charge in [0.15, 0.2) is 0 Å². The van der Waals surface area contributed by atoms with Gasteiger partial charge in [-0.2, -0.15) is 21.6 Å². The van der Waals surface area contributed by atoms with Crippen molar-refractivity contribution in [2.24, 2.45) is 4.99 Å². The summed E-state index contributed by atoms with van der Waals surface area (Å²) >= 11 is 0. The van der Waals surface area contributed by atoms with Gasteiger partial charge in [-0.1, -0.05) is 12.1 Å². The molecule has 3 rings (SSSR count). The maximum absolute atomic E-state index is 16.0. The molecule has 0 saturated carbocycles. The Labute approximate surface area is 297 Å². The lowest BCUT2D eigenvalue weighted by molar-refractivity contribution is -0.0564. The van der Waals surface area contributed by atoms with E-state index in [1.165, 1.54) is 68.8 Å². The molecule has 1 atom stereocenters. The lowest BCUT2D eigenvalue weighted by atomic mass is 9.98. The molecule has 0 aromatic heterocycles. The molecule has 0 bridgehead atoms. The first-order chi connectivity index (χ1) is 23.7. The third kappa shape index (κ3) is 10.7. The van der Waals surface area contributed by atoms with Gasteiger partial charge in [0.1, 0.15) is 34.7 Å². The number of amides is 4. The molecule has 0 aliphatic carbocycles. The first-order valence-corrected chi connectivity index (χ1v) is 16.8. The Morgan fingerprint density at radius 2 is 1.40 bits per heavy atom. The smallest absolute Gasteiger partial charge is 0.497 e. The van der Waals surface area contributed by atoms with Gasteiger partial charge in [-0.25, -0.2) is 32.2 Å². The molecule has 20 heteroatoms. The molecule has 1 aliphatic rings. The van der Waals surface area contributed by atoms with E-state index in [9.17, 15) is 36.0 Å². The second-order valence-corrected chi connectivity index (χ2v) is 15.1. The van der Waals surface area contributed by atoms with Crippen molar-refractivity contribution in [3.8, 4) is 5.75 Å². The number of guanidine groups is 1. The zero-order chi connectivity index (χ0) is 39.6. The van der Waals surface area contributed by atoms with Crippen molar-refractivity contribution in [2.45, 2.75) is 70.9 Å². The summed E-state index contributed by atoms with van der Waals surface area (Å²) in [6, 6.07) is 5.40. The molecule has 0 radical (unpaired) electrons. The Hall–Kier alpha value is -4.72. The first-order valence-electron chi connectivity index (χ1n) is 15.4. The van der Waals surface area contributed by atoms with E-state index in [0.717, 1.165) is 17.0 Å². The van der Waals surface area contributed by atoms with Gasteiger partial charge in [-0.05, 0) is 76.9 Å². The Morgan fingerprint density at radius 1 is 0.904 bits per heavy atom. The largest absolute Gasteiger partial charge is 0.523 e. The molecule has 4 amide bonds. The third-order valence-corrected chi connectivity index (χ3v) is 7.82. The standard InChI is InChI=1S/C32H40F5N5O9S/c1-30(2,3)49-27(43)38-26(41-17-39(7)28(44)40(8)18-41)42(29(45)50-31(4,5)6)16-19-14-22(33)24(23(34)15-19)25(51-52(46,47)32(35,36)37)20-10-12-21(48-9)13-11-20/h10-15,25H,16-18H2,1-9H3/t25-/m1/s1. The average molecular weight is 766 g/mol. The summed E-state index contributed by atoms with van der Waals surface area (Å²) in [5, 5.41) is 0. The fraction of sp³-hybridized carbons (Fsp3) is 0.500. The van der Waals surface area contributed by atoms with Crippen LogP contribution in [0, 0.1) is 11.6 Å². The summed E-state index contributed by atoms with van der Waals surface area (Å²) in [5.74, 6) is -3.36. The monoisotopic (exact) mass is 765 g/mol. The predicted molar refractivity (Wildman–Crippen MR) is 175 cm³/mol. The summed E-state index contributed by atoms with van der Waals surface area (Å²) in [7, 11) is -2.26. The number of carbonyl (C=O) groups is 3. The Balaban J connectivity index is 2.21. The van der Waals surface area contributed by atoms with E-state index >= 15 is 8.78 Å². The molecule has 52 heavy (non-hydrogen) atoms. The lowest BCUT2D eigenvalue weighted by Gasteiger charge is -2.42. The van der Waals surface area contributed by atoms with Crippen LogP contribution in [-0.4, -0.2) is 103 Å². The fourth-order valence-electron chi connectivity index (χ4n) is 4.69. The van der Waals surface area contributed by atoms with Crippen LogP contribution < -0.4 is 4.74 Å². The van der Waals surface area contributed by atoms with Crippen LogP contribution in [-0.2, 0) is 30.3 Å². The maximum atomic E-state index is 16.0. The molecule has 0 N–H and O–H groups in total. The lowest BCUT2D eigenvalue weighted by Crippen LogP contribution is -2.60. The number of hydrogen-bond donors (Lipinski definition) is 0. The second kappa shape index (κ2) is 15.5. The number of benzene rings is 2. The van der Waals surface area contributed by atoms with Gasteiger partial charge < -0.3 is 28.9 Å². The molecule has 1 heterocycles. The Bertz CT molecular complexity index is 1760. The van der Waals surface area contributed by atoms with Gasteiger partial charge in [0.25, 0.3) is 0 Å². The molecule has 14 nitrogen and oxygen atoms in total. The van der Waals surface area contributed by atoms with E-state index in [4.69, 9.17) is 14.2 Å². The van der Waals surface area contributed by atoms with Crippen molar-refractivity contribution in [1.82, 2.24) is 19.6 Å². The molecular formula is C32H40F5N5O9S. The van der Waals surface area contributed by atoms with Crippen molar-refractivity contribution in [3.05, 3.63) is 64.7 Å². The number of ether oxygens (including phenoxy) is 3. The highest BCUT2D eigenvalue weighted by Crippen LogP contribution is 2.37. The summed E-state index contributed by atoms with van der Waals surface area (Å²) in [6.07, 6.45) is -4.79. The van der Waals surface area contributed by atoms with Gasteiger partial charge in [-0.3, -0.25) is 0 Å². The number of rotatable bonds is 7. The van der Waals surface area contributed by atoms with Crippen LogP contribution in [0.1, 0.15) is 64.3 Å². The Morgan fingerprint density at radius 3 is 1.85 bits per heavy atom. The number of methoxy groups -OCH3 is 1. The third-order valence-electron chi connectivity index (χ3n) is 6.81. The van der Waals surface area contributed by atoms with Crippen LogP contribution in [0.25, 0.3) is 0 Å². The van der Waals surface area contributed by atoms with Gasteiger partial charge >= 0.3 is 33.8 Å². The van der Waals surface area contributed by atoms with Crippen molar-refractivity contribution in [1.29, 1.82) is 0 Å². The normalized spacial score (nSPS) is 15.4. The van der Waals surface area contributed by atoms with Gasteiger partial charge in [-0.15, -0.1) is 4.99 Å². The van der Waals surface area contributed by atoms with E-state index in [1.54, 1.807) is 20.8 Å².